The molecule has 2 heterocycles. The van der Waals surface area contributed by atoms with Gasteiger partial charge in [0.25, 0.3) is 0 Å². The Morgan fingerprint density at radius 1 is 1.35 bits per heavy atom. The number of nitrogens with zero attached hydrogens (tertiary/aromatic N) is 2. The summed E-state index contributed by atoms with van der Waals surface area (Å²) in [6.45, 7) is 3.55. The lowest BCUT2D eigenvalue weighted by atomic mass is 10.1. The van der Waals surface area contributed by atoms with Crippen molar-refractivity contribution < 1.29 is 14.3 Å². The lowest BCUT2D eigenvalue weighted by Gasteiger charge is -2.09. The molecule has 0 saturated heterocycles. The number of aromatic nitrogens is 2. The van der Waals surface area contributed by atoms with E-state index in [0.717, 1.165) is 11.9 Å². The van der Waals surface area contributed by atoms with Crippen molar-refractivity contribution in [2.45, 2.75) is 24.6 Å². The molecule has 4 nitrogen and oxygen atoms in total. The van der Waals surface area contributed by atoms with E-state index < -0.39 is 11.8 Å². The summed E-state index contributed by atoms with van der Waals surface area (Å²) in [5.74, 6) is -0.995. The van der Waals surface area contributed by atoms with Crippen LogP contribution in [0.15, 0.2) is 29.6 Å². The van der Waals surface area contributed by atoms with E-state index in [2.05, 4.69) is 9.97 Å². The number of halogens is 1. The molecule has 0 amide bonds. The molecule has 2 aromatic heterocycles. The van der Waals surface area contributed by atoms with E-state index in [1.165, 1.54) is 17.8 Å². The SMILES string of the molecule is Cc1cc(C)c(C(=O)O)c(SCc2cncc(F)c2)n1. The molecule has 104 valence electrons. The largest absolute Gasteiger partial charge is 0.478 e. The van der Waals surface area contributed by atoms with Crippen molar-refractivity contribution in [3.05, 3.63) is 52.7 Å². The predicted molar refractivity (Wildman–Crippen MR) is 74.4 cm³/mol. The zero-order valence-corrected chi connectivity index (χ0v) is 11.9. The molecule has 0 radical (unpaired) electrons. The average Bonchev–Trinajstić information content (AvgIpc) is 2.35. The molecule has 0 aromatic carbocycles. The summed E-state index contributed by atoms with van der Waals surface area (Å²) in [4.78, 5) is 19.3. The Morgan fingerprint density at radius 3 is 2.75 bits per heavy atom. The summed E-state index contributed by atoms with van der Waals surface area (Å²) in [6.07, 6.45) is 2.69. The summed E-state index contributed by atoms with van der Waals surface area (Å²) < 4.78 is 13.0. The highest BCUT2D eigenvalue weighted by molar-refractivity contribution is 7.98. The van der Waals surface area contributed by atoms with E-state index in [9.17, 15) is 14.3 Å². The highest BCUT2D eigenvalue weighted by Gasteiger charge is 2.16. The lowest BCUT2D eigenvalue weighted by molar-refractivity contribution is 0.0691. The van der Waals surface area contributed by atoms with Crippen molar-refractivity contribution in [3.8, 4) is 0 Å². The zero-order chi connectivity index (χ0) is 14.7. The first-order valence-electron chi connectivity index (χ1n) is 5.91. The minimum atomic E-state index is -1.00. The van der Waals surface area contributed by atoms with Crippen LogP contribution in [0.25, 0.3) is 0 Å². The molecule has 0 aliphatic rings. The van der Waals surface area contributed by atoms with E-state index in [-0.39, 0.29) is 5.56 Å². The standard InChI is InChI=1S/C14H13FN2O2S/c1-8-3-9(2)17-13(12(8)14(18)19)20-7-10-4-11(15)6-16-5-10/h3-6H,7H2,1-2H3,(H,18,19). The number of carboxylic acid groups (broad SMARTS) is 1. The minimum absolute atomic E-state index is 0.199. The van der Waals surface area contributed by atoms with Gasteiger partial charge in [0, 0.05) is 17.6 Å². The van der Waals surface area contributed by atoms with Crippen LogP contribution in [0.3, 0.4) is 0 Å². The van der Waals surface area contributed by atoms with Gasteiger partial charge < -0.3 is 5.11 Å². The minimum Gasteiger partial charge on any atom is -0.478 e. The Labute approximate surface area is 120 Å². The van der Waals surface area contributed by atoms with Crippen LogP contribution in [0, 0.1) is 19.7 Å². The molecular formula is C14H13FN2O2S. The molecule has 0 spiro atoms. The van der Waals surface area contributed by atoms with E-state index in [1.807, 2.05) is 6.92 Å². The second-order valence-electron chi connectivity index (χ2n) is 4.37. The molecule has 0 unspecified atom stereocenters. The number of pyridine rings is 2. The molecule has 0 atom stereocenters. The van der Waals surface area contributed by atoms with Crippen molar-refractivity contribution in [1.29, 1.82) is 0 Å². The number of carboxylic acids is 1. The van der Waals surface area contributed by atoms with Gasteiger partial charge >= 0.3 is 5.97 Å². The van der Waals surface area contributed by atoms with Crippen molar-refractivity contribution in [2.24, 2.45) is 0 Å². The van der Waals surface area contributed by atoms with Gasteiger partial charge in [-0.1, -0.05) is 0 Å². The van der Waals surface area contributed by atoms with Crippen LogP contribution in [0.1, 0.15) is 27.2 Å². The van der Waals surface area contributed by atoms with Crippen molar-refractivity contribution in [2.75, 3.05) is 0 Å². The highest BCUT2D eigenvalue weighted by atomic mass is 32.2. The third kappa shape index (κ3) is 3.33. The molecule has 6 heteroatoms. The lowest BCUT2D eigenvalue weighted by Crippen LogP contribution is -2.05. The average molecular weight is 292 g/mol. The van der Waals surface area contributed by atoms with Gasteiger partial charge in [0.15, 0.2) is 0 Å². The third-order valence-corrected chi connectivity index (χ3v) is 3.71. The second-order valence-corrected chi connectivity index (χ2v) is 5.33. The molecule has 20 heavy (non-hydrogen) atoms. The van der Waals surface area contributed by atoms with Crippen LogP contribution in [-0.4, -0.2) is 21.0 Å². The Hall–Kier alpha value is -1.95. The Kier molecular flexibility index (Phi) is 4.34. The van der Waals surface area contributed by atoms with Gasteiger partial charge in [0.1, 0.15) is 10.8 Å². The quantitative estimate of drug-likeness (QED) is 0.877. The number of aryl methyl sites for hydroxylation is 2. The predicted octanol–water partition coefficient (Wildman–Crippen LogP) is 3.22. The van der Waals surface area contributed by atoms with Crippen molar-refractivity contribution in [3.63, 3.8) is 0 Å². The maximum atomic E-state index is 13.0. The zero-order valence-electron chi connectivity index (χ0n) is 11.1. The Balaban J connectivity index is 2.27. The summed E-state index contributed by atoms with van der Waals surface area (Å²) in [6, 6.07) is 3.11. The fraction of sp³-hybridized carbons (Fsp3) is 0.214. The summed E-state index contributed by atoms with van der Waals surface area (Å²) >= 11 is 1.27. The second kappa shape index (κ2) is 6.00. The van der Waals surface area contributed by atoms with Gasteiger partial charge in [0.05, 0.1) is 11.8 Å². The number of rotatable bonds is 4. The number of carbonyl (C=O) groups is 1. The first-order valence-corrected chi connectivity index (χ1v) is 6.89. The van der Waals surface area contributed by atoms with E-state index in [0.29, 0.717) is 21.9 Å². The van der Waals surface area contributed by atoms with Crippen molar-refractivity contribution in [1.82, 2.24) is 9.97 Å². The van der Waals surface area contributed by atoms with Gasteiger partial charge in [-0.05, 0) is 37.1 Å². The van der Waals surface area contributed by atoms with Gasteiger partial charge in [-0.3, -0.25) is 4.98 Å². The first-order chi connectivity index (χ1) is 9.47. The maximum Gasteiger partial charge on any atom is 0.338 e. The monoisotopic (exact) mass is 292 g/mol. The van der Waals surface area contributed by atoms with E-state index in [4.69, 9.17) is 0 Å². The van der Waals surface area contributed by atoms with Gasteiger partial charge in [-0.2, -0.15) is 0 Å². The van der Waals surface area contributed by atoms with Crippen LogP contribution in [0.2, 0.25) is 0 Å². The Morgan fingerprint density at radius 2 is 2.10 bits per heavy atom. The van der Waals surface area contributed by atoms with Crippen LogP contribution < -0.4 is 0 Å². The molecule has 0 aliphatic carbocycles. The van der Waals surface area contributed by atoms with Gasteiger partial charge in [0.2, 0.25) is 0 Å². The molecule has 2 rings (SSSR count). The number of hydrogen-bond donors (Lipinski definition) is 1. The van der Waals surface area contributed by atoms with Crippen LogP contribution in [0.4, 0.5) is 4.39 Å². The molecule has 0 bridgehead atoms. The fourth-order valence-electron chi connectivity index (χ4n) is 1.85. The summed E-state index contributed by atoms with van der Waals surface area (Å²) in [7, 11) is 0. The van der Waals surface area contributed by atoms with E-state index >= 15 is 0 Å². The molecule has 0 saturated carbocycles. The first kappa shape index (κ1) is 14.5. The van der Waals surface area contributed by atoms with Crippen LogP contribution in [-0.2, 0) is 5.75 Å². The normalized spacial score (nSPS) is 10.6. The molecule has 2 aromatic rings. The number of thioether (sulfide) groups is 1. The summed E-state index contributed by atoms with van der Waals surface area (Å²) in [5.41, 5.74) is 2.31. The highest BCUT2D eigenvalue weighted by Crippen LogP contribution is 2.27. The maximum absolute atomic E-state index is 13.0. The third-order valence-electron chi connectivity index (χ3n) is 2.66. The van der Waals surface area contributed by atoms with E-state index in [1.54, 1.807) is 19.2 Å². The number of aromatic carboxylic acids is 1. The van der Waals surface area contributed by atoms with Crippen molar-refractivity contribution >= 4 is 17.7 Å². The van der Waals surface area contributed by atoms with Crippen LogP contribution in [0.5, 0.6) is 0 Å². The Bertz CT molecular complexity index is 662. The fourth-order valence-corrected chi connectivity index (χ4v) is 2.92. The molecule has 0 aliphatic heterocycles. The number of hydrogen-bond acceptors (Lipinski definition) is 4. The molecular weight excluding hydrogens is 279 g/mol. The van der Waals surface area contributed by atoms with Gasteiger partial charge in [-0.15, -0.1) is 11.8 Å². The summed E-state index contributed by atoms with van der Waals surface area (Å²) in [5, 5.41) is 9.70. The van der Waals surface area contributed by atoms with Crippen LogP contribution >= 0.6 is 11.8 Å². The topological polar surface area (TPSA) is 63.1 Å². The molecule has 0 fully saturated rings. The molecule has 1 N–H and O–H groups in total. The van der Waals surface area contributed by atoms with Gasteiger partial charge in [-0.25, -0.2) is 14.2 Å². The smallest absolute Gasteiger partial charge is 0.338 e.